The number of fused-ring (bicyclic) bond motifs is 2. The van der Waals surface area contributed by atoms with Crippen LogP contribution in [0.5, 0.6) is 0 Å². The molecular formula is C24H8O4S3. The fourth-order valence-corrected chi connectivity index (χ4v) is 7.22. The van der Waals surface area contributed by atoms with Crippen LogP contribution in [0.1, 0.15) is 41.4 Å². The van der Waals surface area contributed by atoms with E-state index >= 15 is 0 Å². The summed E-state index contributed by atoms with van der Waals surface area (Å²) in [5, 5.41) is 5.50. The van der Waals surface area contributed by atoms with E-state index in [1.165, 1.54) is 0 Å². The molecule has 0 bridgehead atoms. The molecule has 0 radical (unpaired) electrons. The summed E-state index contributed by atoms with van der Waals surface area (Å²) in [6, 6.07) is 14.6. The maximum absolute atomic E-state index is 12.8. The Morgan fingerprint density at radius 2 is 0.871 bits per heavy atom. The second-order valence-corrected chi connectivity index (χ2v) is 10.9. The van der Waals surface area contributed by atoms with Crippen molar-refractivity contribution in [3.63, 3.8) is 0 Å². The van der Waals surface area contributed by atoms with Gasteiger partial charge in [-0.25, -0.2) is 0 Å². The fourth-order valence-electron chi connectivity index (χ4n) is 5.05. The molecule has 0 atom stereocenters. The summed E-state index contributed by atoms with van der Waals surface area (Å²) in [5.41, 5.74) is 2.05. The first kappa shape index (κ1) is 17.7. The molecule has 5 aromatic rings. The van der Waals surface area contributed by atoms with E-state index < -0.39 is 9.45 Å². The average molecular weight is 457 g/mol. The van der Waals surface area contributed by atoms with Gasteiger partial charge in [-0.05, 0) is 79.5 Å². The molecule has 0 amide bonds. The minimum absolute atomic E-state index is 0.245. The zero-order valence-corrected chi connectivity index (χ0v) is 17.9. The third-order valence-corrected chi connectivity index (χ3v) is 9.14. The van der Waals surface area contributed by atoms with Crippen LogP contribution in [0.4, 0.5) is 0 Å². The number of carbonyl (C=O) groups excluding carboxylic acids is 4. The highest BCUT2D eigenvalue weighted by Crippen LogP contribution is 2.46. The second-order valence-electron chi connectivity index (χ2n) is 7.66. The Morgan fingerprint density at radius 3 is 1.29 bits per heavy atom. The molecule has 0 spiro atoms. The number of hydrogen-bond acceptors (Lipinski definition) is 6. The summed E-state index contributed by atoms with van der Waals surface area (Å²) in [6.07, 6.45) is 0. The highest BCUT2D eigenvalue weighted by atomic mass is 32.8. The van der Waals surface area contributed by atoms with Crippen molar-refractivity contribution in [2.24, 2.45) is 0 Å². The number of thioether (sulfide) groups is 1. The van der Waals surface area contributed by atoms with Crippen molar-refractivity contribution in [2.45, 2.75) is 0 Å². The van der Waals surface area contributed by atoms with Gasteiger partial charge in [0.05, 0.1) is 0 Å². The number of hydrogen-bond donors (Lipinski definition) is 0. The Kier molecular flexibility index (Phi) is 3.20. The van der Waals surface area contributed by atoms with Crippen molar-refractivity contribution in [1.29, 1.82) is 0 Å². The van der Waals surface area contributed by atoms with E-state index in [9.17, 15) is 19.2 Å². The van der Waals surface area contributed by atoms with Gasteiger partial charge in [-0.15, -0.1) is 0 Å². The molecule has 4 nitrogen and oxygen atoms in total. The quantitative estimate of drug-likeness (QED) is 0.237. The van der Waals surface area contributed by atoms with Gasteiger partial charge in [0, 0.05) is 42.5 Å². The molecule has 0 N–H and O–H groups in total. The maximum atomic E-state index is 12.8. The standard InChI is InChI=1S/C24H8O4S3/c25-21-13-5-1-9-11-3-7-15-20-16(24(28)31(29)23(15)27)8-4-12(18(11)20)10-2-6-14(22(26)30-21)19(13)17(9)10/h1-8H. The number of benzene rings is 5. The lowest BCUT2D eigenvalue weighted by atomic mass is 9.84. The maximum Gasteiger partial charge on any atom is 0.231 e. The highest BCUT2D eigenvalue weighted by molar-refractivity contribution is 8.46. The molecule has 0 saturated carbocycles. The van der Waals surface area contributed by atoms with Gasteiger partial charge in [-0.3, -0.25) is 19.2 Å². The van der Waals surface area contributed by atoms with Crippen molar-refractivity contribution >= 4 is 96.0 Å². The van der Waals surface area contributed by atoms with Crippen molar-refractivity contribution in [3.05, 3.63) is 70.8 Å². The molecule has 7 heteroatoms. The van der Waals surface area contributed by atoms with Gasteiger partial charge in [0.2, 0.25) is 20.5 Å². The summed E-state index contributed by atoms with van der Waals surface area (Å²) >= 11 is 5.94. The van der Waals surface area contributed by atoms with Crippen molar-refractivity contribution < 1.29 is 19.2 Å². The Bertz CT molecular complexity index is 1680. The predicted molar refractivity (Wildman–Crippen MR) is 127 cm³/mol. The zero-order chi connectivity index (χ0) is 21.2. The Labute approximate surface area is 185 Å². The van der Waals surface area contributed by atoms with Gasteiger partial charge >= 0.3 is 0 Å². The van der Waals surface area contributed by atoms with E-state index in [4.69, 9.17) is 11.2 Å². The predicted octanol–water partition coefficient (Wildman–Crippen LogP) is 5.14. The first-order valence-electron chi connectivity index (χ1n) is 9.44. The van der Waals surface area contributed by atoms with Crippen molar-refractivity contribution in [1.82, 2.24) is 0 Å². The van der Waals surface area contributed by atoms with Crippen LogP contribution in [0.25, 0.3) is 43.1 Å². The fraction of sp³-hybridized carbons (Fsp3) is 0. The molecule has 0 aliphatic carbocycles. The van der Waals surface area contributed by atoms with E-state index in [2.05, 4.69) is 0 Å². The van der Waals surface area contributed by atoms with Gasteiger partial charge < -0.3 is 0 Å². The molecule has 2 aliphatic heterocycles. The van der Waals surface area contributed by atoms with Crippen LogP contribution >= 0.6 is 11.8 Å². The molecule has 146 valence electrons. The van der Waals surface area contributed by atoms with E-state index in [0.29, 0.717) is 33.0 Å². The van der Waals surface area contributed by atoms with Crippen LogP contribution < -0.4 is 0 Å². The van der Waals surface area contributed by atoms with Crippen LogP contribution in [-0.4, -0.2) is 20.5 Å². The lowest BCUT2D eigenvalue weighted by Crippen LogP contribution is -2.22. The van der Waals surface area contributed by atoms with Crippen molar-refractivity contribution in [3.8, 4) is 0 Å². The molecule has 2 aliphatic rings. The number of carbonyl (C=O) groups is 4. The molecule has 0 saturated heterocycles. The van der Waals surface area contributed by atoms with Crippen LogP contribution in [-0.2, 0) is 20.6 Å². The zero-order valence-electron chi connectivity index (χ0n) is 15.5. The summed E-state index contributed by atoms with van der Waals surface area (Å²) < 4.78 is 0. The number of rotatable bonds is 0. The second kappa shape index (κ2) is 5.62. The van der Waals surface area contributed by atoms with Gasteiger partial charge in [0.15, 0.2) is 0 Å². The topological polar surface area (TPSA) is 68.3 Å². The lowest BCUT2D eigenvalue weighted by Gasteiger charge is -2.23. The van der Waals surface area contributed by atoms with Crippen LogP contribution in [0.15, 0.2) is 48.5 Å². The normalized spacial score (nSPS) is 16.5. The molecule has 7 rings (SSSR count). The minimum atomic E-state index is -1.40. The van der Waals surface area contributed by atoms with Gasteiger partial charge in [-0.2, -0.15) is 0 Å². The summed E-state index contributed by atoms with van der Waals surface area (Å²) in [6.45, 7) is 0. The Balaban J connectivity index is 1.81. The van der Waals surface area contributed by atoms with Crippen molar-refractivity contribution in [2.75, 3.05) is 0 Å². The summed E-state index contributed by atoms with van der Waals surface area (Å²) in [4.78, 5) is 50.7. The molecule has 0 fully saturated rings. The molecule has 0 unspecified atom stereocenters. The molecule has 5 aromatic carbocycles. The Morgan fingerprint density at radius 1 is 0.516 bits per heavy atom. The largest absolute Gasteiger partial charge is 0.281 e. The first-order valence-corrected chi connectivity index (χ1v) is 12.4. The summed E-state index contributed by atoms with van der Waals surface area (Å²) in [5.74, 6) is 0. The highest BCUT2D eigenvalue weighted by Gasteiger charge is 2.33. The molecule has 2 heterocycles. The Hall–Kier alpha value is -3.00. The monoisotopic (exact) mass is 456 g/mol. The van der Waals surface area contributed by atoms with Gasteiger partial charge in [-0.1, -0.05) is 24.3 Å². The third kappa shape index (κ3) is 1.95. The van der Waals surface area contributed by atoms with Crippen LogP contribution in [0, 0.1) is 0 Å². The SMILES string of the molecule is O=C1SC(=O)c2ccc3c4ccc5c6c(ccc(c7ccc1c2c73)c64)C(=O)S(=S)C5=O. The van der Waals surface area contributed by atoms with E-state index in [1.54, 1.807) is 24.3 Å². The molecule has 0 aromatic heterocycles. The van der Waals surface area contributed by atoms with E-state index in [0.717, 1.165) is 44.1 Å². The average Bonchev–Trinajstić information content (AvgIpc) is 2.78. The van der Waals surface area contributed by atoms with Gasteiger partial charge in [0.25, 0.3) is 0 Å². The van der Waals surface area contributed by atoms with Crippen LogP contribution in [0.3, 0.4) is 0 Å². The minimum Gasteiger partial charge on any atom is -0.281 e. The molecule has 31 heavy (non-hydrogen) atoms. The van der Waals surface area contributed by atoms with E-state index in [1.807, 2.05) is 24.3 Å². The third-order valence-electron chi connectivity index (χ3n) is 6.30. The lowest BCUT2D eigenvalue weighted by molar-refractivity contribution is 0.104. The van der Waals surface area contributed by atoms with E-state index in [-0.39, 0.29) is 20.5 Å². The smallest absolute Gasteiger partial charge is 0.231 e. The van der Waals surface area contributed by atoms with Gasteiger partial charge in [0.1, 0.15) is 0 Å². The first-order chi connectivity index (χ1) is 15.0. The molecular weight excluding hydrogens is 448 g/mol. The van der Waals surface area contributed by atoms with Crippen LogP contribution in [0.2, 0.25) is 0 Å². The summed E-state index contributed by atoms with van der Waals surface area (Å²) in [7, 11) is -1.40.